The zero-order chi connectivity index (χ0) is 18.5. The van der Waals surface area contributed by atoms with E-state index >= 15 is 0 Å². The fraction of sp³-hybridized carbons (Fsp3) is 0.667. The van der Waals surface area contributed by atoms with Crippen molar-refractivity contribution in [1.29, 1.82) is 0 Å². The lowest BCUT2D eigenvalue weighted by Gasteiger charge is -2.32. The molecule has 138 valence electrons. The minimum absolute atomic E-state index is 0.0811. The van der Waals surface area contributed by atoms with Crippen molar-refractivity contribution in [3.8, 4) is 0 Å². The first-order valence-electron chi connectivity index (χ1n) is 8.79. The zero-order valence-electron chi connectivity index (χ0n) is 15.2. The van der Waals surface area contributed by atoms with Gasteiger partial charge in [-0.05, 0) is 76.6 Å². The maximum Gasteiger partial charge on any atom is 0.495 e. The molecule has 2 saturated heterocycles. The van der Waals surface area contributed by atoms with E-state index in [0.717, 1.165) is 37.5 Å². The van der Waals surface area contributed by atoms with Gasteiger partial charge < -0.3 is 14.6 Å². The SMILES string of the molecule is CC1(C)OB(c2ccc(C(F)(F)F)cc2C2CCNCC2)OC1(C)C. The molecule has 1 N–H and O–H groups in total. The molecule has 0 unspecified atom stereocenters. The highest BCUT2D eigenvalue weighted by Crippen LogP contribution is 2.38. The summed E-state index contributed by atoms with van der Waals surface area (Å²) in [5.41, 5.74) is -0.230. The van der Waals surface area contributed by atoms with E-state index in [9.17, 15) is 13.2 Å². The second kappa shape index (κ2) is 6.29. The fourth-order valence-electron chi connectivity index (χ4n) is 3.42. The van der Waals surface area contributed by atoms with Crippen LogP contribution in [0.3, 0.4) is 0 Å². The summed E-state index contributed by atoms with van der Waals surface area (Å²) in [5.74, 6) is 0.0811. The Morgan fingerprint density at radius 1 is 1.04 bits per heavy atom. The van der Waals surface area contributed by atoms with Gasteiger partial charge in [-0.1, -0.05) is 12.1 Å². The largest absolute Gasteiger partial charge is 0.495 e. The molecular formula is C18H25BF3NO2. The average Bonchev–Trinajstić information content (AvgIpc) is 2.75. The highest BCUT2D eigenvalue weighted by Gasteiger charge is 2.52. The highest BCUT2D eigenvalue weighted by atomic mass is 19.4. The van der Waals surface area contributed by atoms with Gasteiger partial charge in [-0.25, -0.2) is 0 Å². The molecular weight excluding hydrogens is 330 g/mol. The molecule has 1 aromatic carbocycles. The van der Waals surface area contributed by atoms with E-state index in [1.165, 1.54) is 12.1 Å². The molecule has 7 heteroatoms. The van der Waals surface area contributed by atoms with Crippen molar-refractivity contribution in [3.05, 3.63) is 29.3 Å². The quantitative estimate of drug-likeness (QED) is 0.825. The van der Waals surface area contributed by atoms with Gasteiger partial charge in [0.1, 0.15) is 0 Å². The summed E-state index contributed by atoms with van der Waals surface area (Å²) in [5, 5.41) is 3.26. The van der Waals surface area contributed by atoms with E-state index in [4.69, 9.17) is 9.31 Å². The van der Waals surface area contributed by atoms with Crippen molar-refractivity contribution >= 4 is 12.6 Å². The second-order valence-electron chi connectivity index (χ2n) is 7.95. The lowest BCUT2D eigenvalue weighted by Crippen LogP contribution is -2.41. The number of hydrogen-bond acceptors (Lipinski definition) is 3. The Bertz CT molecular complexity index is 624. The van der Waals surface area contributed by atoms with Crippen LogP contribution in [-0.4, -0.2) is 31.4 Å². The van der Waals surface area contributed by atoms with Gasteiger partial charge in [-0.2, -0.15) is 13.2 Å². The highest BCUT2D eigenvalue weighted by molar-refractivity contribution is 6.62. The van der Waals surface area contributed by atoms with E-state index in [1.54, 1.807) is 0 Å². The van der Waals surface area contributed by atoms with Gasteiger partial charge >= 0.3 is 13.3 Å². The molecule has 2 aliphatic heterocycles. The summed E-state index contributed by atoms with van der Waals surface area (Å²) in [6.07, 6.45) is -2.72. The maximum atomic E-state index is 13.2. The molecule has 2 fully saturated rings. The van der Waals surface area contributed by atoms with Crippen LogP contribution in [0, 0.1) is 0 Å². The molecule has 0 aromatic heterocycles. The van der Waals surface area contributed by atoms with E-state index in [1.807, 2.05) is 27.7 Å². The van der Waals surface area contributed by atoms with Gasteiger partial charge in [-0.15, -0.1) is 0 Å². The molecule has 2 heterocycles. The van der Waals surface area contributed by atoms with Crippen LogP contribution in [0.1, 0.15) is 57.6 Å². The molecule has 0 bridgehead atoms. The topological polar surface area (TPSA) is 30.5 Å². The monoisotopic (exact) mass is 355 g/mol. The third kappa shape index (κ3) is 3.59. The van der Waals surface area contributed by atoms with Crippen molar-refractivity contribution in [2.45, 2.75) is 63.8 Å². The molecule has 0 amide bonds. The summed E-state index contributed by atoms with van der Waals surface area (Å²) in [6, 6.07) is 3.95. The smallest absolute Gasteiger partial charge is 0.399 e. The predicted molar refractivity (Wildman–Crippen MR) is 92.0 cm³/mol. The first kappa shape index (κ1) is 18.7. The van der Waals surface area contributed by atoms with Crippen LogP contribution < -0.4 is 10.8 Å². The molecule has 0 spiro atoms. The molecule has 3 rings (SSSR count). The van der Waals surface area contributed by atoms with Crippen LogP contribution in [-0.2, 0) is 15.5 Å². The first-order valence-corrected chi connectivity index (χ1v) is 8.79. The van der Waals surface area contributed by atoms with Crippen LogP contribution in [0.25, 0.3) is 0 Å². The van der Waals surface area contributed by atoms with E-state index in [2.05, 4.69) is 5.32 Å². The van der Waals surface area contributed by atoms with Gasteiger partial charge in [0.2, 0.25) is 0 Å². The maximum absolute atomic E-state index is 13.2. The van der Waals surface area contributed by atoms with Gasteiger partial charge in [0.05, 0.1) is 16.8 Å². The number of benzene rings is 1. The van der Waals surface area contributed by atoms with Crippen LogP contribution in [0.15, 0.2) is 18.2 Å². The third-order valence-electron chi connectivity index (χ3n) is 5.70. The van der Waals surface area contributed by atoms with Crippen LogP contribution in [0.4, 0.5) is 13.2 Å². The molecule has 0 saturated carbocycles. The number of alkyl halides is 3. The van der Waals surface area contributed by atoms with E-state index in [-0.39, 0.29) is 5.92 Å². The fourth-order valence-corrected chi connectivity index (χ4v) is 3.42. The zero-order valence-corrected chi connectivity index (χ0v) is 15.2. The van der Waals surface area contributed by atoms with Gasteiger partial charge in [0, 0.05) is 0 Å². The molecule has 0 aliphatic carbocycles. The Hall–Kier alpha value is -1.05. The lowest BCUT2D eigenvalue weighted by atomic mass is 9.71. The third-order valence-corrected chi connectivity index (χ3v) is 5.70. The summed E-state index contributed by atoms with van der Waals surface area (Å²) < 4.78 is 51.8. The summed E-state index contributed by atoms with van der Waals surface area (Å²) in [6.45, 7) is 9.40. The second-order valence-corrected chi connectivity index (χ2v) is 7.95. The van der Waals surface area contributed by atoms with E-state index in [0.29, 0.717) is 5.56 Å². The van der Waals surface area contributed by atoms with Gasteiger partial charge in [0.25, 0.3) is 0 Å². The molecule has 1 aromatic rings. The number of hydrogen-bond donors (Lipinski definition) is 1. The molecule has 25 heavy (non-hydrogen) atoms. The average molecular weight is 355 g/mol. The van der Waals surface area contributed by atoms with Crippen molar-refractivity contribution in [2.75, 3.05) is 13.1 Å². The summed E-state index contributed by atoms with van der Waals surface area (Å²) in [7, 11) is -0.642. The Kier molecular flexibility index (Phi) is 4.71. The van der Waals surface area contributed by atoms with Gasteiger partial charge in [0.15, 0.2) is 0 Å². The molecule has 0 atom stereocenters. The Morgan fingerprint density at radius 3 is 2.12 bits per heavy atom. The first-order chi connectivity index (χ1) is 11.5. The number of rotatable bonds is 2. The lowest BCUT2D eigenvalue weighted by molar-refractivity contribution is -0.137. The standard InChI is InChI=1S/C18H25BF3NO2/c1-16(2)17(3,4)25-19(24-16)15-6-5-13(18(20,21)22)11-14(15)12-7-9-23-10-8-12/h5-6,11-12,23H,7-10H2,1-4H3. The van der Waals surface area contributed by atoms with Crippen LogP contribution in [0.2, 0.25) is 0 Å². The summed E-state index contributed by atoms with van der Waals surface area (Å²) >= 11 is 0. The normalized spacial score (nSPS) is 23.9. The van der Waals surface area contributed by atoms with Crippen molar-refractivity contribution in [3.63, 3.8) is 0 Å². The number of nitrogens with one attached hydrogen (secondary N) is 1. The van der Waals surface area contributed by atoms with Crippen molar-refractivity contribution in [1.82, 2.24) is 5.32 Å². The Morgan fingerprint density at radius 2 is 1.60 bits per heavy atom. The molecule has 2 aliphatic rings. The number of halogens is 3. The molecule has 3 nitrogen and oxygen atoms in total. The van der Waals surface area contributed by atoms with Crippen LogP contribution in [0.5, 0.6) is 0 Å². The minimum atomic E-state index is -4.35. The van der Waals surface area contributed by atoms with Gasteiger partial charge in [-0.3, -0.25) is 0 Å². The Balaban J connectivity index is 2.01. The Labute approximate surface area is 147 Å². The minimum Gasteiger partial charge on any atom is -0.399 e. The summed E-state index contributed by atoms with van der Waals surface area (Å²) in [4.78, 5) is 0. The van der Waals surface area contributed by atoms with Crippen LogP contribution >= 0.6 is 0 Å². The van der Waals surface area contributed by atoms with E-state index < -0.39 is 30.1 Å². The predicted octanol–water partition coefficient (Wildman–Crippen LogP) is 3.47. The van der Waals surface area contributed by atoms with Crippen molar-refractivity contribution in [2.24, 2.45) is 0 Å². The number of piperidine rings is 1. The molecule has 0 radical (unpaired) electrons. The van der Waals surface area contributed by atoms with Crippen molar-refractivity contribution < 1.29 is 22.5 Å².